The van der Waals surface area contributed by atoms with Gasteiger partial charge in [-0.15, -0.1) is 0 Å². The molecular formula is C13H10BrClN2O3S. The minimum absolute atomic E-state index is 0.0489. The molecule has 0 radical (unpaired) electrons. The molecule has 0 aliphatic rings. The van der Waals surface area contributed by atoms with E-state index < -0.39 is 9.84 Å². The number of carbonyl (C=O) groups excluding carboxylic acids is 1. The Morgan fingerprint density at radius 3 is 2.52 bits per heavy atom. The highest BCUT2D eigenvalue weighted by Gasteiger charge is 2.11. The van der Waals surface area contributed by atoms with Crippen molar-refractivity contribution in [2.45, 2.75) is 5.03 Å². The van der Waals surface area contributed by atoms with Gasteiger partial charge in [0.15, 0.2) is 14.9 Å². The van der Waals surface area contributed by atoms with Gasteiger partial charge in [0.2, 0.25) is 0 Å². The van der Waals surface area contributed by atoms with Crippen LogP contribution in [0.3, 0.4) is 0 Å². The number of benzene rings is 1. The highest BCUT2D eigenvalue weighted by atomic mass is 79.9. The van der Waals surface area contributed by atoms with Crippen LogP contribution in [-0.2, 0) is 9.84 Å². The van der Waals surface area contributed by atoms with Gasteiger partial charge in [0.05, 0.1) is 16.9 Å². The van der Waals surface area contributed by atoms with Gasteiger partial charge in [-0.05, 0) is 46.3 Å². The molecular weight excluding hydrogens is 380 g/mol. The van der Waals surface area contributed by atoms with Crippen molar-refractivity contribution in [2.24, 2.45) is 0 Å². The van der Waals surface area contributed by atoms with Gasteiger partial charge < -0.3 is 5.32 Å². The second-order valence-corrected chi connectivity index (χ2v) is 7.46. The first-order chi connectivity index (χ1) is 9.77. The van der Waals surface area contributed by atoms with E-state index in [1.165, 1.54) is 24.4 Å². The van der Waals surface area contributed by atoms with E-state index in [9.17, 15) is 13.2 Å². The maximum Gasteiger partial charge on any atom is 0.255 e. The highest BCUT2D eigenvalue weighted by Crippen LogP contribution is 2.23. The fraction of sp³-hybridized carbons (Fsp3) is 0.0769. The number of pyridine rings is 1. The molecule has 0 aliphatic heterocycles. The third-order valence-corrected chi connectivity index (χ3v) is 4.79. The van der Waals surface area contributed by atoms with Crippen molar-refractivity contribution in [3.63, 3.8) is 0 Å². The first-order valence-electron chi connectivity index (χ1n) is 5.70. The lowest BCUT2D eigenvalue weighted by Crippen LogP contribution is -2.12. The first-order valence-corrected chi connectivity index (χ1v) is 8.76. The number of halogens is 2. The largest absolute Gasteiger partial charge is 0.321 e. The molecule has 0 unspecified atom stereocenters. The van der Waals surface area contributed by atoms with Gasteiger partial charge in [0.25, 0.3) is 5.91 Å². The fourth-order valence-corrected chi connectivity index (χ4v) is 2.50. The Balaban J connectivity index is 2.18. The summed E-state index contributed by atoms with van der Waals surface area (Å²) in [5, 5.41) is 2.99. The quantitative estimate of drug-likeness (QED) is 0.875. The Hall–Kier alpha value is -1.44. The van der Waals surface area contributed by atoms with Crippen molar-refractivity contribution in [3.05, 3.63) is 51.6 Å². The molecule has 110 valence electrons. The van der Waals surface area contributed by atoms with Crippen LogP contribution in [-0.4, -0.2) is 25.6 Å². The van der Waals surface area contributed by atoms with Gasteiger partial charge >= 0.3 is 0 Å². The van der Waals surface area contributed by atoms with Crippen molar-refractivity contribution in [1.29, 1.82) is 0 Å². The number of rotatable bonds is 3. The van der Waals surface area contributed by atoms with Crippen LogP contribution in [0, 0.1) is 0 Å². The summed E-state index contributed by atoms with van der Waals surface area (Å²) < 4.78 is 23.3. The first kappa shape index (κ1) is 15.9. The molecule has 21 heavy (non-hydrogen) atoms. The van der Waals surface area contributed by atoms with E-state index in [2.05, 4.69) is 26.2 Å². The van der Waals surface area contributed by atoms with Gasteiger partial charge in [-0.1, -0.05) is 11.6 Å². The molecule has 8 heteroatoms. The zero-order chi connectivity index (χ0) is 15.6. The number of nitrogens with zero attached hydrogens (tertiary/aromatic N) is 1. The number of nitrogens with one attached hydrogen (secondary N) is 1. The molecule has 2 aromatic rings. The van der Waals surface area contributed by atoms with Crippen molar-refractivity contribution in [3.8, 4) is 0 Å². The summed E-state index contributed by atoms with van der Waals surface area (Å²) in [6, 6.07) is 7.62. The summed E-state index contributed by atoms with van der Waals surface area (Å²) in [4.78, 5) is 15.8. The summed E-state index contributed by atoms with van der Waals surface area (Å²) in [5.74, 6) is -0.363. The third-order valence-electron chi connectivity index (χ3n) is 2.56. The van der Waals surface area contributed by atoms with Gasteiger partial charge in [-0.25, -0.2) is 13.4 Å². The van der Waals surface area contributed by atoms with E-state index in [1.807, 2.05) is 0 Å². The summed E-state index contributed by atoms with van der Waals surface area (Å²) in [6.07, 6.45) is 2.35. The van der Waals surface area contributed by atoms with Crippen molar-refractivity contribution in [2.75, 3.05) is 11.6 Å². The second kappa shape index (κ2) is 6.13. The summed E-state index contributed by atoms with van der Waals surface area (Å²) >= 11 is 9.17. The Morgan fingerprint density at radius 2 is 2.00 bits per heavy atom. The van der Waals surface area contributed by atoms with Crippen LogP contribution in [0.15, 0.2) is 46.0 Å². The van der Waals surface area contributed by atoms with Crippen LogP contribution in [0.1, 0.15) is 10.4 Å². The lowest BCUT2D eigenvalue weighted by Gasteiger charge is -2.06. The van der Waals surface area contributed by atoms with Gasteiger partial charge in [-0.2, -0.15) is 0 Å². The minimum atomic E-state index is -3.36. The number of hydrogen-bond donors (Lipinski definition) is 1. The van der Waals surface area contributed by atoms with Crippen LogP contribution >= 0.6 is 27.5 Å². The van der Waals surface area contributed by atoms with E-state index in [4.69, 9.17) is 11.6 Å². The van der Waals surface area contributed by atoms with Gasteiger partial charge in [0.1, 0.15) is 0 Å². The molecule has 1 amide bonds. The molecule has 0 saturated carbocycles. The SMILES string of the molecule is CS(=O)(=O)c1ccc(NC(=O)c2ccc(Br)c(Cl)c2)cn1. The molecule has 1 heterocycles. The van der Waals surface area contributed by atoms with E-state index in [0.29, 0.717) is 20.7 Å². The normalized spacial score (nSPS) is 11.2. The zero-order valence-corrected chi connectivity index (χ0v) is 14.0. The third kappa shape index (κ3) is 4.03. The lowest BCUT2D eigenvalue weighted by atomic mass is 10.2. The summed E-state index contributed by atoms with van der Waals surface area (Å²) in [7, 11) is -3.36. The molecule has 1 N–H and O–H groups in total. The topological polar surface area (TPSA) is 76.1 Å². The van der Waals surface area contributed by atoms with Gasteiger partial charge in [-0.3, -0.25) is 4.79 Å². The summed E-state index contributed by atoms with van der Waals surface area (Å²) in [5.41, 5.74) is 0.779. The molecule has 0 spiro atoms. The standard InChI is InChI=1S/C13H10BrClN2O3S/c1-21(19,20)12-5-3-9(7-16-12)17-13(18)8-2-4-10(14)11(15)6-8/h2-7H,1H3,(H,17,18). The fourth-order valence-electron chi connectivity index (χ4n) is 1.51. The smallest absolute Gasteiger partial charge is 0.255 e. The molecule has 0 aliphatic carbocycles. The number of hydrogen-bond acceptors (Lipinski definition) is 4. The maximum absolute atomic E-state index is 12.0. The molecule has 5 nitrogen and oxygen atoms in total. The minimum Gasteiger partial charge on any atom is -0.321 e. The van der Waals surface area contributed by atoms with Crippen molar-refractivity contribution >= 4 is 49.0 Å². The maximum atomic E-state index is 12.0. The number of sulfone groups is 1. The molecule has 0 atom stereocenters. The van der Waals surface area contributed by atoms with Crippen LogP contribution in [0.2, 0.25) is 5.02 Å². The number of aromatic nitrogens is 1. The van der Waals surface area contributed by atoms with E-state index in [-0.39, 0.29) is 10.9 Å². The molecule has 0 fully saturated rings. The zero-order valence-electron chi connectivity index (χ0n) is 10.8. The van der Waals surface area contributed by atoms with Crippen molar-refractivity contribution in [1.82, 2.24) is 4.98 Å². The predicted molar refractivity (Wildman–Crippen MR) is 84.5 cm³/mol. The molecule has 1 aromatic heterocycles. The second-order valence-electron chi connectivity index (χ2n) is 4.24. The van der Waals surface area contributed by atoms with Crippen LogP contribution in [0.25, 0.3) is 0 Å². The molecule has 0 saturated heterocycles. The lowest BCUT2D eigenvalue weighted by molar-refractivity contribution is 0.102. The predicted octanol–water partition coefficient (Wildman–Crippen LogP) is 3.15. The monoisotopic (exact) mass is 388 g/mol. The Labute approximate surface area is 135 Å². The van der Waals surface area contributed by atoms with Crippen LogP contribution < -0.4 is 5.32 Å². The number of amides is 1. The number of carbonyl (C=O) groups is 1. The molecule has 1 aromatic carbocycles. The van der Waals surface area contributed by atoms with Crippen LogP contribution in [0.5, 0.6) is 0 Å². The average Bonchev–Trinajstić information content (AvgIpc) is 2.41. The average molecular weight is 390 g/mol. The molecule has 0 bridgehead atoms. The Kier molecular flexibility index (Phi) is 4.65. The number of anilines is 1. The highest BCUT2D eigenvalue weighted by molar-refractivity contribution is 9.10. The van der Waals surface area contributed by atoms with E-state index >= 15 is 0 Å². The van der Waals surface area contributed by atoms with Crippen molar-refractivity contribution < 1.29 is 13.2 Å². The van der Waals surface area contributed by atoms with Crippen LogP contribution in [0.4, 0.5) is 5.69 Å². The Bertz CT molecular complexity index is 792. The van der Waals surface area contributed by atoms with E-state index in [0.717, 1.165) is 6.26 Å². The van der Waals surface area contributed by atoms with E-state index in [1.54, 1.807) is 12.1 Å². The Morgan fingerprint density at radius 1 is 1.29 bits per heavy atom. The van der Waals surface area contributed by atoms with Gasteiger partial charge in [0, 0.05) is 16.3 Å². The molecule has 2 rings (SSSR count). The summed E-state index contributed by atoms with van der Waals surface area (Å²) in [6.45, 7) is 0.